The molecule has 0 bridgehead atoms. The van der Waals surface area contributed by atoms with E-state index in [0.29, 0.717) is 23.5 Å². The summed E-state index contributed by atoms with van der Waals surface area (Å²) in [4.78, 5) is 22.5. The number of nitrogens with zero attached hydrogens (tertiary/aromatic N) is 3. The number of rotatable bonds is 6. The fourth-order valence-electron chi connectivity index (χ4n) is 3.37. The van der Waals surface area contributed by atoms with Crippen molar-refractivity contribution in [2.75, 3.05) is 0 Å². The number of benzene rings is 2. The highest BCUT2D eigenvalue weighted by Gasteiger charge is 2.17. The van der Waals surface area contributed by atoms with Crippen LogP contribution in [0.15, 0.2) is 48.5 Å². The highest BCUT2D eigenvalue weighted by Crippen LogP contribution is 2.22. The van der Waals surface area contributed by atoms with Gasteiger partial charge in [-0.1, -0.05) is 24.3 Å². The first kappa shape index (κ1) is 19.3. The molecule has 4 aromatic rings. The van der Waals surface area contributed by atoms with Crippen LogP contribution in [-0.2, 0) is 19.5 Å². The van der Waals surface area contributed by atoms with Gasteiger partial charge in [0.15, 0.2) is 0 Å². The van der Waals surface area contributed by atoms with Gasteiger partial charge in [0.2, 0.25) is 0 Å². The first-order chi connectivity index (χ1) is 14.0. The van der Waals surface area contributed by atoms with Crippen LogP contribution in [0.5, 0.6) is 0 Å². The topological polar surface area (TPSA) is 59.8 Å². The first-order valence-corrected chi connectivity index (χ1v) is 10.3. The number of fused-ring (bicyclic) bond motifs is 1. The van der Waals surface area contributed by atoms with Gasteiger partial charge >= 0.3 is 0 Å². The molecule has 0 aliphatic heterocycles. The largest absolute Gasteiger partial charge is 0.344 e. The van der Waals surface area contributed by atoms with E-state index in [1.165, 1.54) is 23.5 Å². The minimum absolute atomic E-state index is 0.153. The predicted octanol–water partition coefficient (Wildman–Crippen LogP) is 4.48. The van der Waals surface area contributed by atoms with E-state index in [0.717, 1.165) is 34.0 Å². The maximum atomic E-state index is 13.1. The van der Waals surface area contributed by atoms with E-state index in [9.17, 15) is 9.18 Å². The first-order valence-electron chi connectivity index (χ1n) is 9.48. The van der Waals surface area contributed by atoms with Gasteiger partial charge in [0.25, 0.3) is 5.91 Å². The van der Waals surface area contributed by atoms with E-state index in [1.54, 1.807) is 12.1 Å². The summed E-state index contributed by atoms with van der Waals surface area (Å²) < 4.78 is 15.2. The molecule has 148 valence electrons. The van der Waals surface area contributed by atoms with E-state index in [4.69, 9.17) is 0 Å². The van der Waals surface area contributed by atoms with E-state index in [1.807, 2.05) is 31.2 Å². The molecule has 2 aromatic carbocycles. The molecule has 29 heavy (non-hydrogen) atoms. The van der Waals surface area contributed by atoms with E-state index < -0.39 is 0 Å². The number of halogens is 1. The van der Waals surface area contributed by atoms with Crippen molar-refractivity contribution in [1.29, 1.82) is 0 Å². The Hall–Kier alpha value is -3.06. The third-order valence-electron chi connectivity index (χ3n) is 4.77. The number of nitrogens with one attached hydrogen (secondary N) is 1. The van der Waals surface area contributed by atoms with Crippen molar-refractivity contribution in [3.63, 3.8) is 0 Å². The molecule has 0 aliphatic carbocycles. The summed E-state index contributed by atoms with van der Waals surface area (Å²) in [6.07, 6.45) is 0.574. The standard InChI is InChI=1S/C22H21FN4OS/c1-3-27-18-7-5-4-6-17(18)26-19(27)13-24-22(28)21-14(2)25-20(29-21)12-15-8-10-16(23)11-9-15/h4-11H,3,12-13H2,1-2H3,(H,24,28). The van der Waals surface area contributed by atoms with Crippen LogP contribution in [0.2, 0.25) is 0 Å². The Labute approximate surface area is 172 Å². The normalized spacial score (nSPS) is 11.1. The second kappa shape index (κ2) is 8.13. The number of thiazole rings is 1. The Kier molecular flexibility index (Phi) is 5.40. The summed E-state index contributed by atoms with van der Waals surface area (Å²) in [6, 6.07) is 14.3. The predicted molar refractivity (Wildman–Crippen MR) is 113 cm³/mol. The van der Waals surface area contributed by atoms with Crippen LogP contribution in [0.25, 0.3) is 11.0 Å². The summed E-state index contributed by atoms with van der Waals surface area (Å²) in [5.41, 5.74) is 3.65. The fraction of sp³-hybridized carbons (Fsp3) is 0.227. The molecule has 7 heteroatoms. The van der Waals surface area contributed by atoms with Crippen molar-refractivity contribution in [2.24, 2.45) is 0 Å². The van der Waals surface area contributed by atoms with Gasteiger partial charge in [-0.05, 0) is 43.7 Å². The molecule has 0 aliphatic rings. The Bertz CT molecular complexity index is 1160. The minimum Gasteiger partial charge on any atom is -0.344 e. The molecule has 2 aromatic heterocycles. The van der Waals surface area contributed by atoms with Crippen LogP contribution in [0.1, 0.15) is 38.7 Å². The van der Waals surface area contributed by atoms with E-state index in [-0.39, 0.29) is 11.7 Å². The van der Waals surface area contributed by atoms with Crippen LogP contribution >= 0.6 is 11.3 Å². The minimum atomic E-state index is -0.262. The number of aryl methyl sites for hydroxylation is 2. The highest BCUT2D eigenvalue weighted by molar-refractivity contribution is 7.13. The lowest BCUT2D eigenvalue weighted by Crippen LogP contribution is -2.24. The quantitative estimate of drug-likeness (QED) is 0.512. The maximum Gasteiger partial charge on any atom is 0.263 e. The second-order valence-corrected chi connectivity index (χ2v) is 7.85. The van der Waals surface area contributed by atoms with Crippen molar-refractivity contribution < 1.29 is 9.18 Å². The number of carbonyl (C=O) groups is 1. The molecule has 4 rings (SSSR count). The Morgan fingerprint density at radius 1 is 1.14 bits per heavy atom. The summed E-state index contributed by atoms with van der Waals surface area (Å²) in [7, 11) is 0. The molecule has 1 amide bonds. The molecule has 0 saturated carbocycles. The van der Waals surface area contributed by atoms with Crippen molar-refractivity contribution >= 4 is 28.3 Å². The Morgan fingerprint density at radius 3 is 2.66 bits per heavy atom. The van der Waals surface area contributed by atoms with Crippen LogP contribution < -0.4 is 5.32 Å². The third-order valence-corrected chi connectivity index (χ3v) is 5.93. The summed E-state index contributed by atoms with van der Waals surface area (Å²) in [5, 5.41) is 3.81. The summed E-state index contributed by atoms with van der Waals surface area (Å²) in [6.45, 7) is 5.04. The molecule has 0 saturated heterocycles. The second-order valence-electron chi connectivity index (χ2n) is 6.77. The zero-order chi connectivity index (χ0) is 20.4. The third kappa shape index (κ3) is 4.05. The molecule has 5 nitrogen and oxygen atoms in total. The molecule has 2 heterocycles. The molecular formula is C22H21FN4OS. The fourth-order valence-corrected chi connectivity index (χ4v) is 4.38. The lowest BCUT2D eigenvalue weighted by molar-refractivity contribution is 0.0953. The van der Waals surface area contributed by atoms with Gasteiger partial charge in [-0.2, -0.15) is 0 Å². The van der Waals surface area contributed by atoms with Crippen LogP contribution in [0, 0.1) is 12.7 Å². The molecule has 0 spiro atoms. The lowest BCUT2D eigenvalue weighted by atomic mass is 10.1. The average Bonchev–Trinajstić information content (AvgIpc) is 3.27. The van der Waals surface area contributed by atoms with Crippen molar-refractivity contribution in [1.82, 2.24) is 19.9 Å². The summed E-state index contributed by atoms with van der Waals surface area (Å²) in [5.74, 6) is 0.415. The van der Waals surface area contributed by atoms with E-state index in [2.05, 4.69) is 26.8 Å². The molecule has 0 radical (unpaired) electrons. The van der Waals surface area contributed by atoms with Gasteiger partial charge < -0.3 is 9.88 Å². The Balaban J connectivity index is 1.48. The van der Waals surface area contributed by atoms with Gasteiger partial charge in [0.1, 0.15) is 16.5 Å². The van der Waals surface area contributed by atoms with Gasteiger partial charge in [0.05, 0.1) is 28.3 Å². The number of amides is 1. The molecule has 0 unspecified atom stereocenters. The zero-order valence-electron chi connectivity index (χ0n) is 16.3. The van der Waals surface area contributed by atoms with E-state index >= 15 is 0 Å². The smallest absolute Gasteiger partial charge is 0.263 e. The summed E-state index contributed by atoms with van der Waals surface area (Å²) >= 11 is 1.37. The van der Waals surface area contributed by atoms with Gasteiger partial charge in [-0.15, -0.1) is 11.3 Å². The number of aromatic nitrogens is 3. The zero-order valence-corrected chi connectivity index (χ0v) is 17.1. The lowest BCUT2D eigenvalue weighted by Gasteiger charge is -2.07. The number of imidazole rings is 1. The number of para-hydroxylation sites is 2. The maximum absolute atomic E-state index is 13.1. The van der Waals surface area contributed by atoms with Gasteiger partial charge in [-0.25, -0.2) is 14.4 Å². The number of hydrogen-bond acceptors (Lipinski definition) is 4. The average molecular weight is 409 g/mol. The molecule has 0 atom stereocenters. The monoisotopic (exact) mass is 408 g/mol. The van der Waals surface area contributed by atoms with Gasteiger partial charge in [0, 0.05) is 13.0 Å². The van der Waals surface area contributed by atoms with Crippen LogP contribution in [0.4, 0.5) is 4.39 Å². The number of carbonyl (C=O) groups excluding carboxylic acids is 1. The molecule has 0 fully saturated rings. The molecular weight excluding hydrogens is 387 g/mol. The van der Waals surface area contributed by atoms with Crippen molar-refractivity contribution in [3.05, 3.63) is 81.3 Å². The SMILES string of the molecule is CCn1c(CNC(=O)c2sc(Cc3ccc(F)cc3)nc2C)nc2ccccc21. The number of hydrogen-bond donors (Lipinski definition) is 1. The van der Waals surface area contributed by atoms with Crippen molar-refractivity contribution in [2.45, 2.75) is 33.4 Å². The van der Waals surface area contributed by atoms with Crippen molar-refractivity contribution in [3.8, 4) is 0 Å². The highest BCUT2D eigenvalue weighted by atomic mass is 32.1. The molecule has 1 N–H and O–H groups in total. The Morgan fingerprint density at radius 2 is 1.90 bits per heavy atom. The van der Waals surface area contributed by atoms with Crippen LogP contribution in [-0.4, -0.2) is 20.4 Å². The van der Waals surface area contributed by atoms with Gasteiger partial charge in [-0.3, -0.25) is 4.79 Å². The van der Waals surface area contributed by atoms with Crippen LogP contribution in [0.3, 0.4) is 0 Å².